The molecule has 0 atom stereocenters. The minimum atomic E-state index is -3.91. The van der Waals surface area contributed by atoms with Crippen LogP contribution in [0, 0.1) is 0 Å². The number of halogens is 2. The normalized spacial score (nSPS) is 12.4. The van der Waals surface area contributed by atoms with Crippen LogP contribution >= 0.6 is 34.5 Å². The molecule has 0 aliphatic rings. The number of nitrogens with zero attached hydrogens (tertiary/aromatic N) is 1. The predicted octanol–water partition coefficient (Wildman–Crippen LogP) is 4.72. The molecule has 1 heterocycles. The number of rotatable bonds is 8. The molecule has 0 spiro atoms. The van der Waals surface area contributed by atoms with Gasteiger partial charge in [-0.3, -0.25) is 0 Å². The van der Waals surface area contributed by atoms with Gasteiger partial charge >= 0.3 is 0 Å². The van der Waals surface area contributed by atoms with Crippen molar-refractivity contribution in [2.75, 3.05) is 12.3 Å². The van der Waals surface area contributed by atoms with Crippen LogP contribution in [0.4, 0.5) is 0 Å². The maximum Gasteiger partial charge on any atom is 0.243 e. The van der Waals surface area contributed by atoms with Gasteiger partial charge in [0, 0.05) is 28.0 Å². The fraction of sp³-hybridized carbons (Fsp3) is 0.158. The smallest absolute Gasteiger partial charge is 0.224 e. The van der Waals surface area contributed by atoms with Gasteiger partial charge in [-0.1, -0.05) is 29.3 Å². The van der Waals surface area contributed by atoms with Crippen LogP contribution < -0.4 is 0 Å². The lowest BCUT2D eigenvalue weighted by atomic mass is 10.4. The number of benzene rings is 2. The first-order chi connectivity index (χ1) is 13.7. The lowest BCUT2D eigenvalue weighted by Gasteiger charge is -2.22. The van der Waals surface area contributed by atoms with E-state index in [1.807, 2.05) is 17.5 Å². The number of hydrogen-bond donors (Lipinski definition) is 0. The first-order valence-electron chi connectivity index (χ1n) is 8.45. The van der Waals surface area contributed by atoms with E-state index >= 15 is 0 Å². The molecule has 0 unspecified atom stereocenters. The van der Waals surface area contributed by atoms with Crippen molar-refractivity contribution in [3.8, 4) is 0 Å². The number of sulfone groups is 1. The molecule has 0 N–H and O–H groups in total. The summed E-state index contributed by atoms with van der Waals surface area (Å²) in [6.45, 7) is -0.105. The molecule has 0 bridgehead atoms. The fourth-order valence-corrected chi connectivity index (χ4v) is 6.43. The quantitative estimate of drug-likeness (QED) is 0.458. The van der Waals surface area contributed by atoms with Crippen molar-refractivity contribution < 1.29 is 16.8 Å². The van der Waals surface area contributed by atoms with E-state index in [1.165, 1.54) is 64.2 Å². The van der Waals surface area contributed by atoms with E-state index < -0.39 is 19.9 Å². The fourth-order valence-electron chi connectivity index (χ4n) is 2.60. The van der Waals surface area contributed by atoms with Crippen molar-refractivity contribution in [3.05, 3.63) is 81.0 Å². The third kappa shape index (κ3) is 5.59. The SMILES string of the molecule is O=S(=O)(CCN(Cc1cccs1)S(=O)(=O)c1ccc(Cl)cc1)c1ccc(Cl)cc1. The van der Waals surface area contributed by atoms with Crippen molar-refractivity contribution in [1.82, 2.24) is 4.31 Å². The van der Waals surface area contributed by atoms with Gasteiger partial charge in [0.1, 0.15) is 0 Å². The summed E-state index contributed by atoms with van der Waals surface area (Å²) in [5, 5.41) is 2.68. The third-order valence-corrected chi connectivity index (χ3v) is 9.08. The van der Waals surface area contributed by atoms with Gasteiger partial charge in [-0.2, -0.15) is 4.31 Å². The van der Waals surface area contributed by atoms with Gasteiger partial charge < -0.3 is 0 Å². The lowest BCUT2D eigenvalue weighted by Crippen LogP contribution is -2.34. The topological polar surface area (TPSA) is 71.5 Å². The molecule has 0 amide bonds. The third-order valence-electron chi connectivity index (χ3n) is 4.15. The number of hydrogen-bond acceptors (Lipinski definition) is 5. The summed E-state index contributed by atoms with van der Waals surface area (Å²) in [6, 6.07) is 15.2. The lowest BCUT2D eigenvalue weighted by molar-refractivity contribution is 0.426. The Bertz CT molecular complexity index is 1160. The molecule has 0 aliphatic heterocycles. The molecule has 2 aromatic carbocycles. The van der Waals surface area contributed by atoms with Gasteiger partial charge in [-0.25, -0.2) is 16.8 Å². The highest BCUT2D eigenvalue weighted by Crippen LogP contribution is 2.23. The first kappa shape index (κ1) is 22.3. The van der Waals surface area contributed by atoms with Crippen molar-refractivity contribution in [2.24, 2.45) is 0 Å². The molecule has 3 aromatic rings. The summed E-state index contributed by atoms with van der Waals surface area (Å²) >= 11 is 13.1. The zero-order valence-electron chi connectivity index (χ0n) is 15.0. The van der Waals surface area contributed by atoms with Gasteiger partial charge in [0.2, 0.25) is 10.0 Å². The average Bonchev–Trinajstić information content (AvgIpc) is 3.19. The largest absolute Gasteiger partial charge is 0.243 e. The Hall–Kier alpha value is -1.42. The Labute approximate surface area is 184 Å². The van der Waals surface area contributed by atoms with Crippen LogP contribution in [0.25, 0.3) is 0 Å². The molecule has 1 aromatic heterocycles. The zero-order valence-corrected chi connectivity index (χ0v) is 19.0. The minimum Gasteiger partial charge on any atom is -0.224 e. The highest BCUT2D eigenvalue weighted by Gasteiger charge is 2.27. The second kappa shape index (κ2) is 9.16. The molecule has 0 saturated heterocycles. The molecule has 0 radical (unpaired) electrons. The van der Waals surface area contributed by atoms with Crippen LogP contribution in [-0.2, 0) is 26.4 Å². The average molecular weight is 490 g/mol. The van der Waals surface area contributed by atoms with E-state index in [1.54, 1.807) is 0 Å². The molecule has 0 saturated carbocycles. The molecule has 0 aliphatic carbocycles. The summed E-state index contributed by atoms with van der Waals surface area (Å²) in [5.74, 6) is -0.354. The van der Waals surface area contributed by atoms with Crippen LogP contribution in [0.2, 0.25) is 10.0 Å². The standard InChI is InChI=1S/C19H17Cl2NO4S3/c20-15-3-7-18(8-4-15)28(23,24)13-11-22(14-17-2-1-12-27-17)29(25,26)19-9-5-16(21)6-10-19/h1-10,12H,11,13-14H2. The Morgan fingerprint density at radius 1 is 0.793 bits per heavy atom. The molecule has 3 rings (SSSR count). The Kier molecular flexibility index (Phi) is 7.03. The molecule has 0 fully saturated rings. The maximum absolute atomic E-state index is 13.1. The van der Waals surface area contributed by atoms with Crippen molar-refractivity contribution >= 4 is 54.4 Å². The van der Waals surface area contributed by atoms with E-state index in [4.69, 9.17) is 23.2 Å². The summed E-state index contributed by atoms with van der Waals surface area (Å²) in [7, 11) is -7.59. The van der Waals surface area contributed by atoms with Crippen LogP contribution in [0.3, 0.4) is 0 Å². The predicted molar refractivity (Wildman–Crippen MR) is 117 cm³/mol. The summed E-state index contributed by atoms with van der Waals surface area (Å²) in [4.78, 5) is 0.968. The van der Waals surface area contributed by atoms with Crippen LogP contribution in [0.5, 0.6) is 0 Å². The zero-order chi connectivity index (χ0) is 21.1. The highest BCUT2D eigenvalue weighted by molar-refractivity contribution is 7.91. The van der Waals surface area contributed by atoms with E-state index in [0.29, 0.717) is 10.0 Å². The molecule has 154 valence electrons. The summed E-state index contributed by atoms with van der Waals surface area (Å²) in [6.07, 6.45) is 0. The second-order valence-electron chi connectivity index (χ2n) is 6.14. The maximum atomic E-state index is 13.1. The summed E-state index contributed by atoms with van der Waals surface area (Å²) in [5.41, 5.74) is 0. The Morgan fingerprint density at radius 2 is 1.34 bits per heavy atom. The van der Waals surface area contributed by atoms with Crippen molar-refractivity contribution in [2.45, 2.75) is 16.3 Å². The second-order valence-corrected chi connectivity index (χ2v) is 12.1. The number of sulfonamides is 1. The van der Waals surface area contributed by atoms with E-state index in [-0.39, 0.29) is 28.6 Å². The molecular weight excluding hydrogens is 473 g/mol. The first-order valence-corrected chi connectivity index (χ1v) is 13.2. The Morgan fingerprint density at radius 3 is 1.86 bits per heavy atom. The van der Waals surface area contributed by atoms with Gasteiger partial charge in [-0.05, 0) is 60.0 Å². The van der Waals surface area contributed by atoms with Crippen LogP contribution in [0.15, 0.2) is 75.8 Å². The van der Waals surface area contributed by atoms with Gasteiger partial charge in [-0.15, -0.1) is 11.3 Å². The van der Waals surface area contributed by atoms with Crippen LogP contribution in [-0.4, -0.2) is 33.4 Å². The number of thiophene rings is 1. The van der Waals surface area contributed by atoms with E-state index in [9.17, 15) is 16.8 Å². The summed E-state index contributed by atoms with van der Waals surface area (Å²) < 4.78 is 52.8. The molecule has 5 nitrogen and oxygen atoms in total. The highest BCUT2D eigenvalue weighted by atomic mass is 35.5. The van der Waals surface area contributed by atoms with Crippen LogP contribution in [0.1, 0.15) is 4.88 Å². The molecule has 10 heteroatoms. The molecular formula is C19H17Cl2NO4S3. The van der Waals surface area contributed by atoms with Gasteiger partial charge in [0.25, 0.3) is 0 Å². The van der Waals surface area contributed by atoms with Gasteiger partial charge in [0.15, 0.2) is 9.84 Å². The van der Waals surface area contributed by atoms with Crippen molar-refractivity contribution in [3.63, 3.8) is 0 Å². The van der Waals surface area contributed by atoms with E-state index in [0.717, 1.165) is 4.88 Å². The van der Waals surface area contributed by atoms with Crippen molar-refractivity contribution in [1.29, 1.82) is 0 Å². The minimum absolute atomic E-state index is 0.0577. The van der Waals surface area contributed by atoms with E-state index in [2.05, 4.69) is 0 Å². The Balaban J connectivity index is 1.87. The van der Waals surface area contributed by atoms with Gasteiger partial charge in [0.05, 0.1) is 15.5 Å². The molecule has 29 heavy (non-hydrogen) atoms. The monoisotopic (exact) mass is 489 g/mol.